The van der Waals surface area contributed by atoms with Crippen molar-refractivity contribution in [2.75, 3.05) is 18.5 Å². The van der Waals surface area contributed by atoms with Crippen LogP contribution >= 0.6 is 11.8 Å². The summed E-state index contributed by atoms with van der Waals surface area (Å²) in [5.74, 6) is 0.222. The quantitative estimate of drug-likeness (QED) is 0.513. The number of nitriles is 1. The number of amides is 1. The molecule has 3 rings (SSSR count). The first-order valence-corrected chi connectivity index (χ1v) is 9.59. The van der Waals surface area contributed by atoms with Gasteiger partial charge in [-0.15, -0.1) is 0 Å². The van der Waals surface area contributed by atoms with Crippen molar-refractivity contribution in [1.29, 1.82) is 5.26 Å². The molecule has 140 valence electrons. The molecule has 0 saturated carbocycles. The summed E-state index contributed by atoms with van der Waals surface area (Å²) >= 11 is 1.20. The number of anilines is 1. The van der Waals surface area contributed by atoms with E-state index in [0.717, 1.165) is 11.1 Å². The van der Waals surface area contributed by atoms with Gasteiger partial charge in [0.25, 0.3) is 0 Å². The Labute approximate surface area is 168 Å². The van der Waals surface area contributed by atoms with Gasteiger partial charge in [0.15, 0.2) is 5.16 Å². The molecule has 1 amide bonds. The molecule has 28 heavy (non-hydrogen) atoms. The van der Waals surface area contributed by atoms with Crippen LogP contribution in [0.15, 0.2) is 72.0 Å². The van der Waals surface area contributed by atoms with Gasteiger partial charge in [-0.25, -0.2) is 9.97 Å². The van der Waals surface area contributed by atoms with Crippen LogP contribution in [0, 0.1) is 11.3 Å². The summed E-state index contributed by atoms with van der Waals surface area (Å²) in [6.07, 6.45) is 1.37. The summed E-state index contributed by atoms with van der Waals surface area (Å²) < 4.78 is 0. The van der Waals surface area contributed by atoms with Crippen molar-refractivity contribution in [3.8, 4) is 6.07 Å². The van der Waals surface area contributed by atoms with Crippen LogP contribution in [0.4, 0.5) is 5.82 Å². The Morgan fingerprint density at radius 1 is 1.14 bits per heavy atom. The molecule has 6 nitrogen and oxygen atoms in total. The second-order valence-corrected chi connectivity index (χ2v) is 7.02. The lowest BCUT2D eigenvalue weighted by molar-refractivity contribution is -0.128. The molecule has 0 unspecified atom stereocenters. The molecule has 3 aromatic rings. The number of rotatable bonds is 6. The van der Waals surface area contributed by atoms with Gasteiger partial charge in [-0.1, -0.05) is 72.4 Å². The minimum atomic E-state index is -0.192. The normalized spacial score (nSPS) is 10.5. The molecule has 1 aromatic heterocycles. The lowest BCUT2D eigenvalue weighted by Crippen LogP contribution is -2.33. The molecule has 0 bridgehead atoms. The first-order valence-electron chi connectivity index (χ1n) is 8.61. The number of nitrogen functional groups attached to an aromatic ring is 1. The third-order valence-electron chi connectivity index (χ3n) is 4.25. The number of benzene rings is 2. The highest BCUT2D eigenvalue weighted by Crippen LogP contribution is 2.28. The van der Waals surface area contributed by atoms with Crippen molar-refractivity contribution in [2.45, 2.75) is 11.2 Å². The first-order chi connectivity index (χ1) is 13.6. The van der Waals surface area contributed by atoms with E-state index >= 15 is 0 Å². The van der Waals surface area contributed by atoms with Crippen molar-refractivity contribution in [1.82, 2.24) is 14.9 Å². The van der Waals surface area contributed by atoms with Crippen LogP contribution in [0.1, 0.15) is 22.7 Å². The minimum Gasteiger partial charge on any atom is -0.382 e. The van der Waals surface area contributed by atoms with Gasteiger partial charge in [-0.3, -0.25) is 4.79 Å². The molecule has 0 radical (unpaired) electrons. The number of nitrogens with zero attached hydrogens (tertiary/aromatic N) is 4. The number of hydrogen-bond acceptors (Lipinski definition) is 6. The zero-order chi connectivity index (χ0) is 19.9. The summed E-state index contributed by atoms with van der Waals surface area (Å²) in [5.41, 5.74) is 8.01. The molecule has 0 atom stereocenters. The van der Waals surface area contributed by atoms with E-state index in [0.29, 0.717) is 5.16 Å². The molecule has 0 spiro atoms. The summed E-state index contributed by atoms with van der Waals surface area (Å²) in [4.78, 5) is 22.8. The van der Waals surface area contributed by atoms with Crippen LogP contribution in [0.5, 0.6) is 0 Å². The van der Waals surface area contributed by atoms with Crippen molar-refractivity contribution in [3.05, 3.63) is 83.6 Å². The van der Waals surface area contributed by atoms with Gasteiger partial charge >= 0.3 is 0 Å². The zero-order valence-corrected chi connectivity index (χ0v) is 16.1. The van der Waals surface area contributed by atoms with Crippen LogP contribution in [0.2, 0.25) is 0 Å². The van der Waals surface area contributed by atoms with Crippen LogP contribution in [0.25, 0.3) is 0 Å². The number of nitrogens with two attached hydrogens (primary N) is 1. The maximum atomic E-state index is 12.9. The second kappa shape index (κ2) is 9.02. The molecule has 2 N–H and O–H groups in total. The lowest BCUT2D eigenvalue weighted by Gasteiger charge is -2.29. The van der Waals surface area contributed by atoms with E-state index in [-0.39, 0.29) is 29.1 Å². The number of carbonyl (C=O) groups excluding carboxylic acids is 1. The highest BCUT2D eigenvalue weighted by atomic mass is 32.2. The number of aromatic nitrogens is 2. The predicted octanol–water partition coefficient (Wildman–Crippen LogP) is 3.27. The average Bonchev–Trinajstić information content (AvgIpc) is 2.74. The Balaban J connectivity index is 1.77. The molecule has 0 aliphatic heterocycles. The minimum absolute atomic E-state index is 0.0609. The van der Waals surface area contributed by atoms with Gasteiger partial charge in [0.1, 0.15) is 17.5 Å². The largest absolute Gasteiger partial charge is 0.382 e. The van der Waals surface area contributed by atoms with Crippen LogP contribution in [-0.2, 0) is 4.79 Å². The lowest BCUT2D eigenvalue weighted by atomic mass is 9.97. The fraction of sp³-hybridized carbons (Fsp3) is 0.143. The molecular weight excluding hydrogens is 370 g/mol. The molecule has 0 fully saturated rings. The van der Waals surface area contributed by atoms with Crippen LogP contribution in [0.3, 0.4) is 0 Å². The van der Waals surface area contributed by atoms with E-state index in [1.54, 1.807) is 11.9 Å². The zero-order valence-electron chi connectivity index (χ0n) is 15.3. The van der Waals surface area contributed by atoms with Crippen molar-refractivity contribution in [2.24, 2.45) is 0 Å². The standard InChI is InChI=1S/C21H19N5OS/c1-26(18(27)14-28-21-24-13-17(12-22)20(23)25-21)19(15-8-4-2-5-9-15)16-10-6-3-7-11-16/h2-11,13,19H,14H2,1H3,(H2,23,24,25). The third-order valence-corrected chi connectivity index (χ3v) is 5.10. The molecular formula is C21H19N5OS. The average molecular weight is 389 g/mol. The SMILES string of the molecule is CN(C(=O)CSc1ncc(C#N)c(N)n1)C(c1ccccc1)c1ccccc1. The Bertz CT molecular complexity index is 949. The van der Waals surface area contributed by atoms with Crippen molar-refractivity contribution in [3.63, 3.8) is 0 Å². The third kappa shape index (κ3) is 4.48. The Kier molecular flexibility index (Phi) is 6.25. The van der Waals surface area contributed by atoms with E-state index < -0.39 is 0 Å². The predicted molar refractivity (Wildman–Crippen MR) is 109 cm³/mol. The molecule has 1 heterocycles. The smallest absolute Gasteiger partial charge is 0.233 e. The molecule has 0 aliphatic carbocycles. The van der Waals surface area contributed by atoms with Crippen LogP contribution < -0.4 is 5.73 Å². The van der Waals surface area contributed by atoms with Gasteiger partial charge in [0.05, 0.1) is 18.0 Å². The fourth-order valence-electron chi connectivity index (χ4n) is 2.82. The van der Waals surface area contributed by atoms with E-state index in [2.05, 4.69) is 9.97 Å². The van der Waals surface area contributed by atoms with Gasteiger partial charge in [-0.05, 0) is 11.1 Å². The van der Waals surface area contributed by atoms with E-state index in [4.69, 9.17) is 11.0 Å². The summed E-state index contributed by atoms with van der Waals surface area (Å²) in [7, 11) is 1.79. The van der Waals surface area contributed by atoms with Gasteiger partial charge in [-0.2, -0.15) is 5.26 Å². The maximum Gasteiger partial charge on any atom is 0.233 e. The summed E-state index contributed by atoms with van der Waals surface area (Å²) in [5, 5.41) is 9.27. The monoisotopic (exact) mass is 389 g/mol. The molecule has 2 aromatic carbocycles. The van der Waals surface area contributed by atoms with Crippen molar-refractivity contribution >= 4 is 23.5 Å². The Morgan fingerprint density at radius 3 is 2.21 bits per heavy atom. The highest BCUT2D eigenvalue weighted by molar-refractivity contribution is 7.99. The number of hydrogen-bond donors (Lipinski definition) is 1. The Morgan fingerprint density at radius 2 is 1.71 bits per heavy atom. The van der Waals surface area contributed by atoms with Gasteiger partial charge in [0, 0.05) is 7.05 Å². The maximum absolute atomic E-state index is 12.9. The fourth-order valence-corrected chi connectivity index (χ4v) is 3.56. The second-order valence-electron chi connectivity index (χ2n) is 6.08. The van der Waals surface area contributed by atoms with E-state index in [9.17, 15) is 4.79 Å². The van der Waals surface area contributed by atoms with E-state index in [1.165, 1.54) is 18.0 Å². The van der Waals surface area contributed by atoms with E-state index in [1.807, 2.05) is 66.7 Å². The Hall–Kier alpha value is -3.37. The van der Waals surface area contributed by atoms with Gasteiger partial charge < -0.3 is 10.6 Å². The topological polar surface area (TPSA) is 95.9 Å². The first kappa shape index (κ1) is 19.4. The van der Waals surface area contributed by atoms with Crippen LogP contribution in [-0.4, -0.2) is 33.6 Å². The summed E-state index contributed by atoms with van der Waals surface area (Å²) in [6.45, 7) is 0. The van der Waals surface area contributed by atoms with Crippen molar-refractivity contribution < 1.29 is 4.79 Å². The summed E-state index contributed by atoms with van der Waals surface area (Å²) in [6, 6.07) is 21.5. The molecule has 0 aliphatic rings. The number of carbonyl (C=O) groups is 1. The van der Waals surface area contributed by atoms with Gasteiger partial charge in [0.2, 0.25) is 5.91 Å². The molecule has 0 saturated heterocycles. The number of thioether (sulfide) groups is 1. The molecule has 7 heteroatoms. The highest BCUT2D eigenvalue weighted by Gasteiger charge is 2.23.